The summed E-state index contributed by atoms with van der Waals surface area (Å²) in [6.07, 6.45) is -0.455. The average molecular weight is 223 g/mol. The maximum absolute atomic E-state index is 11.1. The molecule has 0 aliphatic heterocycles. The second kappa shape index (κ2) is 5.75. The Hall–Kier alpha value is -2.04. The van der Waals surface area contributed by atoms with E-state index in [-0.39, 0.29) is 12.3 Å². The number of hydrogen-bond acceptors (Lipinski definition) is 4. The van der Waals surface area contributed by atoms with E-state index in [4.69, 9.17) is 9.84 Å². The molecule has 1 aromatic carbocycles. The van der Waals surface area contributed by atoms with Gasteiger partial charge in [0.2, 0.25) is 0 Å². The lowest BCUT2D eigenvalue weighted by molar-refractivity contribution is -0.139. The number of carbonyl (C=O) groups is 2. The molecule has 0 radical (unpaired) electrons. The molecule has 0 amide bonds. The van der Waals surface area contributed by atoms with Crippen LogP contribution in [0.3, 0.4) is 0 Å². The molecule has 0 fully saturated rings. The predicted octanol–water partition coefficient (Wildman–Crippen LogP) is 1.15. The minimum Gasteiger partial charge on any atom is -0.497 e. The molecule has 0 bridgehead atoms. The Labute approximate surface area is 93.0 Å². The van der Waals surface area contributed by atoms with Gasteiger partial charge in [-0.15, -0.1) is 0 Å². The number of ketones is 1. The summed E-state index contributed by atoms with van der Waals surface area (Å²) >= 11 is 0. The molecule has 5 nitrogen and oxygen atoms in total. The number of benzene rings is 1. The number of carboxylic acids is 1. The van der Waals surface area contributed by atoms with Crippen LogP contribution in [0.15, 0.2) is 24.3 Å². The summed E-state index contributed by atoms with van der Waals surface area (Å²) in [6, 6.07) is 7.02. The van der Waals surface area contributed by atoms with Gasteiger partial charge in [-0.25, -0.2) is 0 Å². The lowest BCUT2D eigenvalue weighted by Crippen LogP contribution is -2.16. The molecule has 0 aromatic heterocycles. The minimum atomic E-state index is -1.11. The van der Waals surface area contributed by atoms with Crippen LogP contribution >= 0.6 is 0 Å². The fourth-order valence-electron chi connectivity index (χ4n) is 1.14. The van der Waals surface area contributed by atoms with Crippen LogP contribution in [0.1, 0.15) is 6.42 Å². The second-order valence-corrected chi connectivity index (χ2v) is 3.19. The van der Waals surface area contributed by atoms with Crippen LogP contribution in [0, 0.1) is 0 Å². The molecule has 16 heavy (non-hydrogen) atoms. The van der Waals surface area contributed by atoms with E-state index < -0.39 is 12.4 Å². The van der Waals surface area contributed by atoms with Crippen molar-refractivity contribution in [1.29, 1.82) is 0 Å². The SMILES string of the molecule is COc1ccc(NCC(=O)CC(=O)O)cc1. The van der Waals surface area contributed by atoms with E-state index in [0.717, 1.165) is 11.4 Å². The summed E-state index contributed by atoms with van der Waals surface area (Å²) < 4.78 is 4.97. The highest BCUT2D eigenvalue weighted by Crippen LogP contribution is 2.14. The molecule has 0 spiro atoms. The monoisotopic (exact) mass is 223 g/mol. The number of carboxylic acid groups (broad SMARTS) is 1. The summed E-state index contributed by atoms with van der Waals surface area (Å²) in [7, 11) is 1.57. The van der Waals surface area contributed by atoms with Crippen molar-refractivity contribution in [2.24, 2.45) is 0 Å². The zero-order chi connectivity index (χ0) is 12.0. The maximum atomic E-state index is 11.1. The fourth-order valence-corrected chi connectivity index (χ4v) is 1.14. The zero-order valence-corrected chi connectivity index (χ0v) is 8.90. The minimum absolute atomic E-state index is 0.0125. The molecule has 2 N–H and O–H groups in total. The van der Waals surface area contributed by atoms with Crippen molar-refractivity contribution in [1.82, 2.24) is 0 Å². The highest BCUT2D eigenvalue weighted by atomic mass is 16.5. The van der Waals surface area contributed by atoms with Crippen molar-refractivity contribution < 1.29 is 19.4 Å². The van der Waals surface area contributed by atoms with Gasteiger partial charge in [0.1, 0.15) is 12.2 Å². The van der Waals surface area contributed by atoms with Crippen LogP contribution in [0.2, 0.25) is 0 Å². The molecule has 0 saturated carbocycles. The third-order valence-electron chi connectivity index (χ3n) is 1.93. The van der Waals surface area contributed by atoms with E-state index in [1.165, 1.54) is 0 Å². The Morgan fingerprint density at radius 2 is 1.94 bits per heavy atom. The summed E-state index contributed by atoms with van der Waals surface area (Å²) in [5.41, 5.74) is 0.750. The van der Waals surface area contributed by atoms with Gasteiger partial charge in [0.25, 0.3) is 0 Å². The number of ether oxygens (including phenoxy) is 1. The topological polar surface area (TPSA) is 75.6 Å². The molecule has 1 aromatic rings. The predicted molar refractivity (Wildman–Crippen MR) is 58.7 cm³/mol. The lowest BCUT2D eigenvalue weighted by atomic mass is 10.2. The zero-order valence-electron chi connectivity index (χ0n) is 8.90. The fraction of sp³-hybridized carbons (Fsp3) is 0.273. The van der Waals surface area contributed by atoms with E-state index >= 15 is 0 Å². The normalized spacial score (nSPS) is 9.56. The molecular formula is C11H13NO4. The van der Waals surface area contributed by atoms with Crippen LogP contribution in [0.4, 0.5) is 5.69 Å². The number of Topliss-reactive ketones (excluding diaryl/α,β-unsaturated/α-hetero) is 1. The molecule has 0 heterocycles. The van der Waals surface area contributed by atoms with Crippen molar-refractivity contribution in [2.75, 3.05) is 19.0 Å². The van der Waals surface area contributed by atoms with E-state index in [2.05, 4.69) is 5.32 Å². The number of methoxy groups -OCH3 is 1. The van der Waals surface area contributed by atoms with Gasteiger partial charge >= 0.3 is 5.97 Å². The van der Waals surface area contributed by atoms with Crippen LogP contribution in [0.25, 0.3) is 0 Å². The molecule has 86 valence electrons. The quantitative estimate of drug-likeness (QED) is 0.707. The highest BCUT2D eigenvalue weighted by molar-refractivity contribution is 5.96. The molecular weight excluding hydrogens is 210 g/mol. The molecule has 0 aliphatic carbocycles. The summed E-state index contributed by atoms with van der Waals surface area (Å²) in [5, 5.41) is 11.2. The smallest absolute Gasteiger partial charge is 0.310 e. The third-order valence-corrected chi connectivity index (χ3v) is 1.93. The molecule has 0 unspecified atom stereocenters. The summed E-state index contributed by atoms with van der Waals surface area (Å²) in [6.45, 7) is 0.0125. The molecule has 0 aliphatic rings. The Morgan fingerprint density at radius 1 is 1.31 bits per heavy atom. The first-order valence-electron chi connectivity index (χ1n) is 4.73. The van der Waals surface area contributed by atoms with Gasteiger partial charge in [0.15, 0.2) is 5.78 Å². The maximum Gasteiger partial charge on any atom is 0.310 e. The number of anilines is 1. The number of nitrogens with one attached hydrogen (secondary N) is 1. The van der Waals surface area contributed by atoms with Crippen molar-refractivity contribution in [3.8, 4) is 5.75 Å². The molecule has 5 heteroatoms. The average Bonchev–Trinajstić information content (AvgIpc) is 2.26. The van der Waals surface area contributed by atoms with Crippen LogP contribution in [0.5, 0.6) is 5.75 Å². The Balaban J connectivity index is 2.42. The van der Waals surface area contributed by atoms with Crippen LogP contribution < -0.4 is 10.1 Å². The van der Waals surface area contributed by atoms with Crippen molar-refractivity contribution in [3.63, 3.8) is 0 Å². The van der Waals surface area contributed by atoms with Crippen molar-refractivity contribution in [3.05, 3.63) is 24.3 Å². The largest absolute Gasteiger partial charge is 0.497 e. The Kier molecular flexibility index (Phi) is 4.32. The summed E-state index contributed by atoms with van der Waals surface area (Å²) in [5.74, 6) is -0.743. The van der Waals surface area contributed by atoms with E-state index in [0.29, 0.717) is 0 Å². The first-order valence-corrected chi connectivity index (χ1v) is 4.73. The lowest BCUT2D eigenvalue weighted by Gasteiger charge is -2.05. The second-order valence-electron chi connectivity index (χ2n) is 3.19. The van der Waals surface area contributed by atoms with E-state index in [1.54, 1.807) is 31.4 Å². The van der Waals surface area contributed by atoms with Crippen molar-refractivity contribution >= 4 is 17.4 Å². The molecule has 1 rings (SSSR count). The molecule has 0 atom stereocenters. The first kappa shape index (κ1) is 12.0. The van der Waals surface area contributed by atoms with E-state index in [1.807, 2.05) is 0 Å². The number of rotatable bonds is 6. The first-order chi connectivity index (χ1) is 7.61. The standard InChI is InChI=1S/C11H13NO4/c1-16-10-4-2-8(3-5-10)12-7-9(13)6-11(14)15/h2-5,12H,6-7H2,1H3,(H,14,15). The number of aliphatic carboxylic acids is 1. The number of hydrogen-bond donors (Lipinski definition) is 2. The van der Waals surface area contributed by atoms with Gasteiger partial charge in [-0.3, -0.25) is 9.59 Å². The van der Waals surface area contributed by atoms with Gasteiger partial charge < -0.3 is 15.2 Å². The Bertz CT molecular complexity index is 372. The highest BCUT2D eigenvalue weighted by Gasteiger charge is 2.06. The van der Waals surface area contributed by atoms with Gasteiger partial charge in [-0.2, -0.15) is 0 Å². The van der Waals surface area contributed by atoms with Crippen LogP contribution in [-0.4, -0.2) is 30.5 Å². The molecule has 0 saturated heterocycles. The third kappa shape index (κ3) is 4.00. The number of carbonyl (C=O) groups excluding carboxylic acids is 1. The van der Waals surface area contributed by atoms with Crippen molar-refractivity contribution in [2.45, 2.75) is 6.42 Å². The van der Waals surface area contributed by atoms with Gasteiger partial charge in [0.05, 0.1) is 13.7 Å². The van der Waals surface area contributed by atoms with E-state index in [9.17, 15) is 9.59 Å². The van der Waals surface area contributed by atoms with Crippen LogP contribution in [-0.2, 0) is 9.59 Å². The van der Waals surface area contributed by atoms with Gasteiger partial charge in [0, 0.05) is 5.69 Å². The van der Waals surface area contributed by atoms with Gasteiger partial charge in [-0.05, 0) is 24.3 Å². The van der Waals surface area contributed by atoms with Gasteiger partial charge in [-0.1, -0.05) is 0 Å². The summed E-state index contributed by atoms with van der Waals surface area (Å²) in [4.78, 5) is 21.3. The Morgan fingerprint density at radius 3 is 2.44 bits per heavy atom.